The number of rotatable bonds is 3. The Kier molecular flexibility index (Phi) is 4.07. The van der Waals surface area contributed by atoms with Crippen molar-refractivity contribution in [2.24, 2.45) is 0 Å². The van der Waals surface area contributed by atoms with E-state index >= 15 is 0 Å². The molecule has 0 radical (unpaired) electrons. The number of anilines is 1. The van der Waals surface area contributed by atoms with E-state index in [4.69, 9.17) is 0 Å². The van der Waals surface area contributed by atoms with E-state index in [1.807, 2.05) is 36.7 Å². The van der Waals surface area contributed by atoms with E-state index < -0.39 is 0 Å². The minimum absolute atomic E-state index is 0.0487. The van der Waals surface area contributed by atoms with Crippen molar-refractivity contribution in [3.8, 4) is 0 Å². The zero-order valence-corrected chi connectivity index (χ0v) is 11.1. The second-order valence-corrected chi connectivity index (χ2v) is 5.40. The normalized spacial score (nSPS) is 24.2. The number of aliphatic hydroxyl groups is 1. The van der Waals surface area contributed by atoms with Gasteiger partial charge in [0.05, 0.1) is 6.10 Å². The van der Waals surface area contributed by atoms with Gasteiger partial charge in [-0.15, -0.1) is 0 Å². The first kappa shape index (κ1) is 13.1. The predicted octanol–water partition coefficient (Wildman–Crippen LogP) is 2.14. The smallest absolute Gasteiger partial charge is 0.274 e. The fourth-order valence-electron chi connectivity index (χ4n) is 2.55. The Morgan fingerprint density at radius 3 is 2.61 bits per heavy atom. The largest absolute Gasteiger partial charge is 0.393 e. The minimum atomic E-state index is -0.186. The van der Waals surface area contributed by atoms with Gasteiger partial charge in [0.1, 0.15) is 5.69 Å². The standard InChI is InChI=1S/C14H22N2O2/c1-10(2)15-13-4-3-9-16(14(13)18)11-5-7-12(17)8-6-11/h3-4,9-12,15,17H,5-8H2,1-2H3/t11-,12-. The Labute approximate surface area is 108 Å². The van der Waals surface area contributed by atoms with Crippen LogP contribution in [-0.4, -0.2) is 21.8 Å². The number of hydrogen-bond donors (Lipinski definition) is 2. The first-order valence-electron chi connectivity index (χ1n) is 6.73. The molecule has 0 unspecified atom stereocenters. The lowest BCUT2D eigenvalue weighted by molar-refractivity contribution is 0.110. The van der Waals surface area contributed by atoms with E-state index in [9.17, 15) is 9.90 Å². The SMILES string of the molecule is CC(C)Nc1cccn([C@H]2CC[C@H](O)CC2)c1=O. The van der Waals surface area contributed by atoms with Crippen molar-refractivity contribution >= 4 is 5.69 Å². The van der Waals surface area contributed by atoms with Gasteiger partial charge >= 0.3 is 0 Å². The summed E-state index contributed by atoms with van der Waals surface area (Å²) in [7, 11) is 0. The third kappa shape index (κ3) is 2.93. The van der Waals surface area contributed by atoms with Gasteiger partial charge < -0.3 is 15.0 Å². The molecule has 1 aliphatic rings. The topological polar surface area (TPSA) is 54.3 Å². The molecule has 4 nitrogen and oxygen atoms in total. The van der Waals surface area contributed by atoms with Crippen molar-refractivity contribution < 1.29 is 5.11 Å². The molecule has 0 aromatic carbocycles. The summed E-state index contributed by atoms with van der Waals surface area (Å²) in [5.41, 5.74) is 0.714. The monoisotopic (exact) mass is 250 g/mol. The minimum Gasteiger partial charge on any atom is -0.393 e. The average molecular weight is 250 g/mol. The molecular weight excluding hydrogens is 228 g/mol. The fourth-order valence-corrected chi connectivity index (χ4v) is 2.55. The second kappa shape index (κ2) is 5.57. The van der Waals surface area contributed by atoms with Crippen LogP contribution in [0.15, 0.2) is 23.1 Å². The van der Waals surface area contributed by atoms with Crippen molar-refractivity contribution in [2.45, 2.75) is 57.7 Å². The number of nitrogens with one attached hydrogen (secondary N) is 1. The summed E-state index contributed by atoms with van der Waals surface area (Å²) in [5, 5.41) is 12.7. The summed E-state index contributed by atoms with van der Waals surface area (Å²) in [4.78, 5) is 12.3. The van der Waals surface area contributed by atoms with Crippen LogP contribution in [0.2, 0.25) is 0 Å². The van der Waals surface area contributed by atoms with Crippen LogP contribution >= 0.6 is 0 Å². The van der Waals surface area contributed by atoms with Crippen molar-refractivity contribution in [2.75, 3.05) is 5.32 Å². The quantitative estimate of drug-likeness (QED) is 0.864. The molecule has 2 rings (SSSR count). The lowest BCUT2D eigenvalue weighted by Gasteiger charge is -2.27. The van der Waals surface area contributed by atoms with Crippen molar-refractivity contribution in [3.05, 3.63) is 28.7 Å². The van der Waals surface area contributed by atoms with Crippen LogP contribution in [0.25, 0.3) is 0 Å². The van der Waals surface area contributed by atoms with Gasteiger partial charge in [-0.3, -0.25) is 4.79 Å². The number of hydrogen-bond acceptors (Lipinski definition) is 3. The van der Waals surface area contributed by atoms with E-state index in [2.05, 4.69) is 5.32 Å². The summed E-state index contributed by atoms with van der Waals surface area (Å²) in [6.07, 6.45) is 5.01. The molecule has 0 amide bonds. The molecule has 1 heterocycles. The first-order chi connectivity index (χ1) is 8.58. The summed E-state index contributed by atoms with van der Waals surface area (Å²) >= 11 is 0. The molecule has 0 aliphatic heterocycles. The van der Waals surface area contributed by atoms with Crippen LogP contribution in [0.4, 0.5) is 5.69 Å². The first-order valence-corrected chi connectivity index (χ1v) is 6.73. The van der Waals surface area contributed by atoms with E-state index in [0.29, 0.717) is 5.69 Å². The number of nitrogens with zero attached hydrogens (tertiary/aromatic N) is 1. The van der Waals surface area contributed by atoms with Gasteiger partial charge in [0.25, 0.3) is 5.56 Å². The van der Waals surface area contributed by atoms with Crippen LogP contribution < -0.4 is 10.9 Å². The maximum Gasteiger partial charge on any atom is 0.274 e. The van der Waals surface area contributed by atoms with Gasteiger partial charge in [-0.25, -0.2) is 0 Å². The van der Waals surface area contributed by atoms with Crippen LogP contribution in [0.1, 0.15) is 45.6 Å². The van der Waals surface area contributed by atoms with Gasteiger partial charge in [0.2, 0.25) is 0 Å². The molecule has 1 aromatic rings. The van der Waals surface area contributed by atoms with E-state index in [0.717, 1.165) is 25.7 Å². The lowest BCUT2D eigenvalue weighted by Crippen LogP contribution is -2.31. The summed E-state index contributed by atoms with van der Waals surface area (Å²) in [6, 6.07) is 4.23. The van der Waals surface area contributed by atoms with Crippen molar-refractivity contribution in [3.63, 3.8) is 0 Å². The van der Waals surface area contributed by atoms with Crippen LogP contribution in [0.3, 0.4) is 0 Å². The molecule has 1 fully saturated rings. The molecule has 1 saturated carbocycles. The molecule has 2 N–H and O–H groups in total. The Balaban J connectivity index is 2.20. The van der Waals surface area contributed by atoms with Gasteiger partial charge in [-0.1, -0.05) is 0 Å². The van der Waals surface area contributed by atoms with Crippen LogP contribution in [-0.2, 0) is 0 Å². The van der Waals surface area contributed by atoms with Crippen LogP contribution in [0, 0.1) is 0 Å². The average Bonchev–Trinajstić information content (AvgIpc) is 2.33. The summed E-state index contributed by atoms with van der Waals surface area (Å²) in [6.45, 7) is 4.04. The van der Waals surface area contributed by atoms with E-state index in [1.165, 1.54) is 0 Å². The molecule has 0 saturated heterocycles. The zero-order chi connectivity index (χ0) is 13.1. The third-order valence-corrected chi connectivity index (χ3v) is 3.48. The molecule has 0 bridgehead atoms. The summed E-state index contributed by atoms with van der Waals surface area (Å²) < 4.78 is 1.82. The molecular formula is C14H22N2O2. The number of aromatic nitrogens is 1. The highest BCUT2D eigenvalue weighted by atomic mass is 16.3. The molecule has 0 spiro atoms. The van der Waals surface area contributed by atoms with Crippen molar-refractivity contribution in [1.29, 1.82) is 0 Å². The molecule has 1 aromatic heterocycles. The fraction of sp³-hybridized carbons (Fsp3) is 0.643. The Morgan fingerprint density at radius 1 is 1.33 bits per heavy atom. The second-order valence-electron chi connectivity index (χ2n) is 5.40. The molecule has 100 valence electrons. The van der Waals surface area contributed by atoms with E-state index in [1.54, 1.807) is 0 Å². The molecule has 4 heteroatoms. The molecule has 0 atom stereocenters. The molecule has 18 heavy (non-hydrogen) atoms. The van der Waals surface area contributed by atoms with E-state index in [-0.39, 0.29) is 23.7 Å². The molecule has 1 aliphatic carbocycles. The van der Waals surface area contributed by atoms with Crippen LogP contribution in [0.5, 0.6) is 0 Å². The zero-order valence-electron chi connectivity index (χ0n) is 11.1. The third-order valence-electron chi connectivity index (χ3n) is 3.48. The maximum absolute atomic E-state index is 12.3. The Bertz CT molecular complexity index is 445. The van der Waals surface area contributed by atoms with Gasteiger partial charge in [-0.05, 0) is 51.7 Å². The van der Waals surface area contributed by atoms with Gasteiger partial charge in [-0.2, -0.15) is 0 Å². The highest BCUT2D eigenvalue weighted by molar-refractivity contribution is 5.41. The number of pyridine rings is 1. The van der Waals surface area contributed by atoms with Gasteiger partial charge in [0.15, 0.2) is 0 Å². The Morgan fingerprint density at radius 2 is 2.00 bits per heavy atom. The predicted molar refractivity (Wildman–Crippen MR) is 73.0 cm³/mol. The highest BCUT2D eigenvalue weighted by Gasteiger charge is 2.21. The summed E-state index contributed by atoms with van der Waals surface area (Å²) in [5.74, 6) is 0. The van der Waals surface area contributed by atoms with Crippen molar-refractivity contribution in [1.82, 2.24) is 4.57 Å². The lowest BCUT2D eigenvalue weighted by atomic mass is 9.93. The van der Waals surface area contributed by atoms with Gasteiger partial charge in [0, 0.05) is 18.3 Å². The number of aliphatic hydroxyl groups excluding tert-OH is 1. The Hall–Kier alpha value is -1.29. The highest BCUT2D eigenvalue weighted by Crippen LogP contribution is 2.27. The maximum atomic E-state index is 12.3.